The second-order valence-corrected chi connectivity index (χ2v) is 6.38. The predicted octanol–water partition coefficient (Wildman–Crippen LogP) is 3.19. The predicted molar refractivity (Wildman–Crippen MR) is 87.0 cm³/mol. The fourth-order valence-corrected chi connectivity index (χ4v) is 3.59. The van der Waals surface area contributed by atoms with E-state index < -0.39 is 0 Å². The highest BCUT2D eigenvalue weighted by Gasteiger charge is 2.46. The first-order valence-corrected chi connectivity index (χ1v) is 8.00. The van der Waals surface area contributed by atoms with E-state index in [1.54, 1.807) is 0 Å². The molecule has 114 valence electrons. The van der Waals surface area contributed by atoms with Crippen LogP contribution in [0.5, 0.6) is 0 Å². The smallest absolute Gasteiger partial charge is 0.196 e. The normalized spacial score (nSPS) is 29.0. The Bertz CT molecular complexity index is 529. The molecular weight excluding hydrogens is 286 g/mol. The molecule has 1 spiro atoms. The number of nitrogens with zero attached hydrogens (tertiary/aromatic N) is 2. The topological polar surface area (TPSA) is 50.9 Å². The van der Waals surface area contributed by atoms with Crippen LogP contribution < -0.4 is 10.6 Å². The van der Waals surface area contributed by atoms with Crippen molar-refractivity contribution in [2.75, 3.05) is 18.1 Å². The zero-order valence-electron chi connectivity index (χ0n) is 12.4. The molecule has 3 rings (SSSR count). The zero-order chi connectivity index (χ0) is 14.9. The minimum absolute atomic E-state index is 0.0317. The summed E-state index contributed by atoms with van der Waals surface area (Å²) in [5, 5.41) is 0.735. The van der Waals surface area contributed by atoms with Crippen molar-refractivity contribution in [2.24, 2.45) is 10.7 Å². The number of guanidine groups is 1. The molecule has 1 fully saturated rings. The molecule has 2 unspecified atom stereocenters. The lowest BCUT2D eigenvalue weighted by Gasteiger charge is -2.44. The van der Waals surface area contributed by atoms with Crippen molar-refractivity contribution in [3.05, 3.63) is 29.3 Å². The number of nitrogens with two attached hydrogens (primary N) is 1. The van der Waals surface area contributed by atoms with Crippen molar-refractivity contribution in [1.29, 1.82) is 0 Å². The van der Waals surface area contributed by atoms with E-state index in [0.717, 1.165) is 49.5 Å². The zero-order valence-corrected chi connectivity index (χ0v) is 13.1. The van der Waals surface area contributed by atoms with Gasteiger partial charge in [-0.2, -0.15) is 0 Å². The first-order valence-electron chi connectivity index (χ1n) is 7.62. The summed E-state index contributed by atoms with van der Waals surface area (Å²) >= 11 is 6.00. The van der Waals surface area contributed by atoms with E-state index in [0.29, 0.717) is 12.1 Å². The molecule has 1 saturated heterocycles. The van der Waals surface area contributed by atoms with E-state index >= 15 is 0 Å². The molecular formula is C16H22ClN3O. The van der Waals surface area contributed by atoms with Crippen molar-refractivity contribution in [3.63, 3.8) is 0 Å². The van der Waals surface area contributed by atoms with Crippen molar-refractivity contribution in [1.82, 2.24) is 0 Å². The van der Waals surface area contributed by atoms with E-state index in [1.165, 1.54) is 0 Å². The number of hydrogen-bond donors (Lipinski definition) is 1. The van der Waals surface area contributed by atoms with E-state index in [4.69, 9.17) is 22.1 Å². The van der Waals surface area contributed by atoms with Crippen LogP contribution in [0.3, 0.4) is 0 Å². The minimum atomic E-state index is -0.0317. The second-order valence-electron chi connectivity index (χ2n) is 5.95. The molecule has 0 saturated carbocycles. The maximum absolute atomic E-state index is 6.18. The first kappa shape index (κ1) is 14.7. The molecule has 2 heterocycles. The molecule has 0 aromatic heterocycles. The van der Waals surface area contributed by atoms with Crippen molar-refractivity contribution in [2.45, 2.75) is 44.2 Å². The fraction of sp³-hybridized carbons (Fsp3) is 0.562. The van der Waals surface area contributed by atoms with Gasteiger partial charge in [-0.25, -0.2) is 0 Å². The summed E-state index contributed by atoms with van der Waals surface area (Å²) < 4.78 is 5.90. The van der Waals surface area contributed by atoms with Crippen LogP contribution in [0.4, 0.5) is 5.69 Å². The monoisotopic (exact) mass is 307 g/mol. The maximum atomic E-state index is 6.18. The molecule has 1 aromatic carbocycles. The van der Waals surface area contributed by atoms with Gasteiger partial charge in [0.25, 0.3) is 0 Å². The lowest BCUT2D eigenvalue weighted by Crippen LogP contribution is -2.56. The van der Waals surface area contributed by atoms with Gasteiger partial charge in [-0.05, 0) is 43.5 Å². The van der Waals surface area contributed by atoms with Crippen LogP contribution in [0.25, 0.3) is 0 Å². The molecule has 0 bridgehead atoms. The standard InChI is InChI=1S/C16H22ClN3O/c1-2-3-14-10-16(8-9-21-14)11-19-15(18)20(16)13-6-4-12(17)5-7-13/h4-7,14H,2-3,8-11H2,1H3,(H2,18,19). The number of benzene rings is 1. The summed E-state index contributed by atoms with van der Waals surface area (Å²) in [4.78, 5) is 6.71. The van der Waals surface area contributed by atoms with Gasteiger partial charge in [0.2, 0.25) is 0 Å². The Labute approximate surface area is 130 Å². The van der Waals surface area contributed by atoms with Crippen LogP contribution in [0.15, 0.2) is 29.3 Å². The van der Waals surface area contributed by atoms with Crippen LogP contribution in [0, 0.1) is 0 Å². The van der Waals surface area contributed by atoms with Gasteiger partial charge in [-0.3, -0.25) is 4.99 Å². The van der Waals surface area contributed by atoms with Gasteiger partial charge in [0.05, 0.1) is 18.2 Å². The van der Waals surface area contributed by atoms with Crippen LogP contribution in [-0.4, -0.2) is 30.8 Å². The highest BCUT2D eigenvalue weighted by molar-refractivity contribution is 6.30. The first-order chi connectivity index (χ1) is 10.1. The summed E-state index contributed by atoms with van der Waals surface area (Å²) in [7, 11) is 0. The van der Waals surface area contributed by atoms with E-state index in [-0.39, 0.29) is 5.54 Å². The summed E-state index contributed by atoms with van der Waals surface area (Å²) in [6.07, 6.45) is 4.47. The Morgan fingerprint density at radius 2 is 2.19 bits per heavy atom. The molecule has 0 aliphatic carbocycles. The van der Waals surface area contributed by atoms with E-state index in [2.05, 4.69) is 16.8 Å². The highest BCUT2D eigenvalue weighted by Crippen LogP contribution is 2.39. The van der Waals surface area contributed by atoms with E-state index in [9.17, 15) is 0 Å². The van der Waals surface area contributed by atoms with Crippen LogP contribution in [-0.2, 0) is 4.74 Å². The van der Waals surface area contributed by atoms with Crippen molar-refractivity contribution < 1.29 is 4.74 Å². The Morgan fingerprint density at radius 1 is 1.43 bits per heavy atom. The summed E-state index contributed by atoms with van der Waals surface area (Å²) in [5.74, 6) is 0.606. The molecule has 0 amide bonds. The highest BCUT2D eigenvalue weighted by atomic mass is 35.5. The molecule has 2 aliphatic heterocycles. The van der Waals surface area contributed by atoms with Crippen molar-refractivity contribution in [3.8, 4) is 0 Å². The summed E-state index contributed by atoms with van der Waals surface area (Å²) in [6.45, 7) is 3.73. The Kier molecular flexibility index (Phi) is 4.09. The average Bonchev–Trinajstić information content (AvgIpc) is 2.77. The Balaban J connectivity index is 1.89. The van der Waals surface area contributed by atoms with Crippen molar-refractivity contribution >= 4 is 23.2 Å². The lowest BCUT2D eigenvalue weighted by molar-refractivity contribution is -0.0180. The number of halogens is 1. The van der Waals surface area contributed by atoms with Gasteiger partial charge in [-0.15, -0.1) is 0 Å². The third-order valence-corrected chi connectivity index (χ3v) is 4.71. The third-order valence-electron chi connectivity index (χ3n) is 4.46. The van der Waals surface area contributed by atoms with Gasteiger partial charge < -0.3 is 15.4 Å². The fourth-order valence-electron chi connectivity index (χ4n) is 3.46. The minimum Gasteiger partial charge on any atom is -0.378 e. The van der Waals surface area contributed by atoms with Crippen LogP contribution in [0.2, 0.25) is 5.02 Å². The number of hydrogen-bond acceptors (Lipinski definition) is 4. The second kappa shape index (κ2) is 5.85. The maximum Gasteiger partial charge on any atom is 0.196 e. The summed E-state index contributed by atoms with van der Waals surface area (Å²) in [6, 6.07) is 7.84. The largest absolute Gasteiger partial charge is 0.378 e. The van der Waals surface area contributed by atoms with Gasteiger partial charge in [0.1, 0.15) is 0 Å². The van der Waals surface area contributed by atoms with Gasteiger partial charge in [0.15, 0.2) is 5.96 Å². The molecule has 2 atom stereocenters. The third kappa shape index (κ3) is 2.74. The van der Waals surface area contributed by atoms with Gasteiger partial charge >= 0.3 is 0 Å². The quantitative estimate of drug-likeness (QED) is 0.933. The molecule has 2 aliphatic rings. The Hall–Kier alpha value is -1.26. The number of anilines is 1. The Morgan fingerprint density at radius 3 is 2.90 bits per heavy atom. The molecule has 2 N–H and O–H groups in total. The van der Waals surface area contributed by atoms with Crippen LogP contribution in [0.1, 0.15) is 32.6 Å². The number of rotatable bonds is 3. The van der Waals surface area contributed by atoms with E-state index in [1.807, 2.05) is 24.3 Å². The van der Waals surface area contributed by atoms with Gasteiger partial charge in [-0.1, -0.05) is 24.9 Å². The molecule has 5 heteroatoms. The van der Waals surface area contributed by atoms with Crippen LogP contribution >= 0.6 is 11.6 Å². The molecule has 21 heavy (non-hydrogen) atoms. The molecule has 0 radical (unpaired) electrons. The lowest BCUT2D eigenvalue weighted by atomic mass is 9.84. The number of aliphatic imine (C=N–C) groups is 1. The molecule has 4 nitrogen and oxygen atoms in total. The summed E-state index contributed by atoms with van der Waals surface area (Å²) in [5.41, 5.74) is 7.21. The number of ether oxygens (including phenoxy) is 1. The molecule has 1 aromatic rings. The SMILES string of the molecule is CCCC1CC2(CCO1)CN=C(N)N2c1ccc(Cl)cc1. The van der Waals surface area contributed by atoms with Gasteiger partial charge in [0, 0.05) is 17.3 Å². The average molecular weight is 308 g/mol.